The number of aliphatic hydroxyl groups excluding tert-OH is 3. The summed E-state index contributed by atoms with van der Waals surface area (Å²) < 4.78 is 10.8. The van der Waals surface area contributed by atoms with Gasteiger partial charge in [-0.05, 0) is 30.0 Å². The standard InChI is InChI=1S/C16H22O7/c1-7(2)9-5-4-8(3)6-10(9)22-16-13(19)11(17)12(18)14(23-16)15(20)21/h4-7,11-14,16-19H,1-3H3,(H,20,21)/t11-,12-,13+,14-,16?/m0/s1. The molecule has 0 bridgehead atoms. The lowest BCUT2D eigenvalue weighted by molar-refractivity contribution is -0.271. The van der Waals surface area contributed by atoms with Gasteiger partial charge >= 0.3 is 5.97 Å². The molecule has 0 radical (unpaired) electrons. The number of ether oxygens (including phenoxy) is 2. The van der Waals surface area contributed by atoms with Crippen LogP contribution in [-0.4, -0.2) is 57.1 Å². The lowest BCUT2D eigenvalue weighted by atomic mass is 9.98. The smallest absolute Gasteiger partial charge is 0.335 e. The van der Waals surface area contributed by atoms with Crippen molar-refractivity contribution in [3.8, 4) is 5.75 Å². The van der Waals surface area contributed by atoms with Gasteiger partial charge in [0.15, 0.2) is 6.10 Å². The first-order valence-corrected chi connectivity index (χ1v) is 7.42. The van der Waals surface area contributed by atoms with Crippen LogP contribution >= 0.6 is 0 Å². The van der Waals surface area contributed by atoms with Crippen molar-refractivity contribution in [2.24, 2.45) is 0 Å². The van der Waals surface area contributed by atoms with Gasteiger partial charge in [-0.1, -0.05) is 26.0 Å². The van der Waals surface area contributed by atoms with Crippen LogP contribution in [0, 0.1) is 6.92 Å². The summed E-state index contributed by atoms with van der Waals surface area (Å²) >= 11 is 0. The van der Waals surface area contributed by atoms with Gasteiger partial charge in [-0.15, -0.1) is 0 Å². The fourth-order valence-electron chi connectivity index (χ4n) is 2.50. The van der Waals surface area contributed by atoms with E-state index in [0.717, 1.165) is 11.1 Å². The van der Waals surface area contributed by atoms with Crippen molar-refractivity contribution in [2.75, 3.05) is 0 Å². The lowest BCUT2D eigenvalue weighted by Crippen LogP contribution is -2.61. The normalized spacial score (nSPS) is 31.2. The Hall–Kier alpha value is -1.67. The van der Waals surface area contributed by atoms with Crippen LogP contribution in [0.5, 0.6) is 5.75 Å². The van der Waals surface area contributed by atoms with Crippen LogP contribution in [-0.2, 0) is 9.53 Å². The zero-order valence-electron chi connectivity index (χ0n) is 13.2. The Kier molecular flexibility index (Phi) is 5.26. The molecule has 128 valence electrons. The van der Waals surface area contributed by atoms with Crippen molar-refractivity contribution in [3.05, 3.63) is 29.3 Å². The maximum atomic E-state index is 11.1. The SMILES string of the molecule is Cc1ccc(C(C)C)c(OC2O[C@H](C(=O)O)[C@@H](O)[C@H](O)[C@H]2O)c1. The molecule has 7 nitrogen and oxygen atoms in total. The van der Waals surface area contributed by atoms with Crippen LogP contribution in [0.1, 0.15) is 30.9 Å². The van der Waals surface area contributed by atoms with Crippen molar-refractivity contribution in [1.29, 1.82) is 0 Å². The minimum atomic E-state index is -1.73. The van der Waals surface area contributed by atoms with E-state index in [4.69, 9.17) is 14.6 Å². The van der Waals surface area contributed by atoms with Crippen molar-refractivity contribution >= 4 is 5.97 Å². The molecule has 7 heteroatoms. The van der Waals surface area contributed by atoms with Gasteiger partial charge in [-0.3, -0.25) is 0 Å². The fourth-order valence-corrected chi connectivity index (χ4v) is 2.50. The number of aryl methyl sites for hydroxylation is 1. The second kappa shape index (κ2) is 6.84. The number of aliphatic hydroxyl groups is 3. The average Bonchev–Trinajstić information content (AvgIpc) is 2.47. The number of carbonyl (C=O) groups is 1. The second-order valence-electron chi connectivity index (χ2n) is 6.05. The summed E-state index contributed by atoms with van der Waals surface area (Å²) in [6.07, 6.45) is -8.05. The van der Waals surface area contributed by atoms with E-state index in [9.17, 15) is 20.1 Å². The van der Waals surface area contributed by atoms with Gasteiger partial charge in [0.2, 0.25) is 6.29 Å². The molecule has 1 unspecified atom stereocenters. The average molecular weight is 326 g/mol. The summed E-state index contributed by atoms with van der Waals surface area (Å²) in [6, 6.07) is 5.54. The molecule has 1 aliphatic heterocycles. The number of hydrogen-bond acceptors (Lipinski definition) is 6. The zero-order chi connectivity index (χ0) is 17.3. The molecule has 1 saturated heterocycles. The van der Waals surface area contributed by atoms with E-state index in [1.54, 1.807) is 6.07 Å². The summed E-state index contributed by atoms with van der Waals surface area (Å²) in [5, 5.41) is 38.6. The molecule has 1 aromatic rings. The van der Waals surface area contributed by atoms with E-state index in [0.29, 0.717) is 5.75 Å². The van der Waals surface area contributed by atoms with Crippen LogP contribution in [0.15, 0.2) is 18.2 Å². The molecule has 2 rings (SSSR count). The van der Waals surface area contributed by atoms with E-state index < -0.39 is 36.7 Å². The third-order valence-corrected chi connectivity index (χ3v) is 3.85. The molecule has 0 aromatic heterocycles. The fraction of sp³-hybridized carbons (Fsp3) is 0.562. The van der Waals surface area contributed by atoms with Gasteiger partial charge in [0, 0.05) is 0 Å². The Bertz CT molecular complexity index is 572. The van der Waals surface area contributed by atoms with E-state index in [2.05, 4.69) is 0 Å². The van der Waals surface area contributed by atoms with E-state index in [1.165, 1.54) is 0 Å². The highest BCUT2D eigenvalue weighted by Gasteiger charge is 2.48. The molecular weight excluding hydrogens is 304 g/mol. The summed E-state index contributed by atoms with van der Waals surface area (Å²) in [5.41, 5.74) is 1.78. The molecule has 4 N–H and O–H groups in total. The summed E-state index contributed by atoms with van der Waals surface area (Å²) in [5.74, 6) is -0.862. The Morgan fingerprint density at radius 3 is 2.39 bits per heavy atom. The number of rotatable bonds is 4. The van der Waals surface area contributed by atoms with Gasteiger partial charge in [-0.2, -0.15) is 0 Å². The number of carboxylic acid groups (broad SMARTS) is 1. The lowest BCUT2D eigenvalue weighted by Gasteiger charge is -2.38. The minimum absolute atomic E-state index is 0.136. The molecule has 0 saturated carbocycles. The van der Waals surface area contributed by atoms with Crippen LogP contribution in [0.3, 0.4) is 0 Å². The molecule has 0 aliphatic carbocycles. The van der Waals surface area contributed by atoms with E-state index in [1.807, 2.05) is 32.9 Å². The molecule has 0 amide bonds. The first kappa shape index (κ1) is 17.7. The van der Waals surface area contributed by atoms with Crippen molar-refractivity contribution in [2.45, 2.75) is 57.4 Å². The van der Waals surface area contributed by atoms with Gasteiger partial charge < -0.3 is 29.9 Å². The molecule has 1 fully saturated rings. The van der Waals surface area contributed by atoms with Gasteiger partial charge in [0.05, 0.1) is 0 Å². The topological polar surface area (TPSA) is 116 Å². The first-order valence-electron chi connectivity index (χ1n) is 7.42. The largest absolute Gasteiger partial charge is 0.479 e. The highest BCUT2D eigenvalue weighted by molar-refractivity contribution is 5.73. The van der Waals surface area contributed by atoms with E-state index in [-0.39, 0.29) is 5.92 Å². The monoisotopic (exact) mass is 326 g/mol. The molecular formula is C16H22O7. The number of carboxylic acids is 1. The summed E-state index contributed by atoms with van der Waals surface area (Å²) in [6.45, 7) is 5.80. The van der Waals surface area contributed by atoms with Gasteiger partial charge in [0.25, 0.3) is 0 Å². The van der Waals surface area contributed by atoms with Crippen molar-refractivity contribution in [3.63, 3.8) is 0 Å². The van der Waals surface area contributed by atoms with Crippen LogP contribution < -0.4 is 4.74 Å². The van der Waals surface area contributed by atoms with Gasteiger partial charge in [-0.25, -0.2) is 4.79 Å². The maximum Gasteiger partial charge on any atom is 0.335 e. The number of aliphatic carboxylic acids is 1. The van der Waals surface area contributed by atoms with Gasteiger partial charge in [0.1, 0.15) is 24.1 Å². The molecule has 0 spiro atoms. The minimum Gasteiger partial charge on any atom is -0.479 e. The molecule has 1 heterocycles. The zero-order valence-corrected chi connectivity index (χ0v) is 13.2. The Morgan fingerprint density at radius 2 is 1.83 bits per heavy atom. The Balaban J connectivity index is 2.28. The first-order chi connectivity index (χ1) is 10.7. The number of hydrogen-bond donors (Lipinski definition) is 4. The summed E-state index contributed by atoms with van der Waals surface area (Å²) in [4.78, 5) is 11.1. The third-order valence-electron chi connectivity index (χ3n) is 3.85. The summed E-state index contributed by atoms with van der Waals surface area (Å²) in [7, 11) is 0. The molecule has 1 aliphatic rings. The number of benzene rings is 1. The second-order valence-corrected chi connectivity index (χ2v) is 6.05. The van der Waals surface area contributed by atoms with E-state index >= 15 is 0 Å². The van der Waals surface area contributed by atoms with Crippen LogP contribution in [0.2, 0.25) is 0 Å². The van der Waals surface area contributed by atoms with Crippen molar-refractivity contribution < 1.29 is 34.7 Å². The van der Waals surface area contributed by atoms with Crippen LogP contribution in [0.4, 0.5) is 0 Å². The predicted octanol–water partition coefficient (Wildman–Crippen LogP) is 0.389. The Labute approximate surface area is 134 Å². The highest BCUT2D eigenvalue weighted by atomic mass is 16.7. The molecule has 1 aromatic carbocycles. The highest BCUT2D eigenvalue weighted by Crippen LogP contribution is 2.31. The van der Waals surface area contributed by atoms with Crippen molar-refractivity contribution in [1.82, 2.24) is 0 Å². The molecule has 23 heavy (non-hydrogen) atoms. The predicted molar refractivity (Wildman–Crippen MR) is 80.2 cm³/mol. The third kappa shape index (κ3) is 3.64. The Morgan fingerprint density at radius 1 is 1.17 bits per heavy atom. The van der Waals surface area contributed by atoms with Crippen LogP contribution in [0.25, 0.3) is 0 Å². The molecule has 5 atom stereocenters. The maximum absolute atomic E-state index is 11.1. The quantitative estimate of drug-likeness (QED) is 0.632.